The highest BCUT2D eigenvalue weighted by atomic mass is 16.6. The van der Waals surface area contributed by atoms with E-state index in [-0.39, 0.29) is 12.0 Å². The van der Waals surface area contributed by atoms with Crippen molar-refractivity contribution >= 4 is 12.0 Å². The van der Waals surface area contributed by atoms with Gasteiger partial charge in [-0.2, -0.15) is 0 Å². The first-order valence-electron chi connectivity index (χ1n) is 10.9. The zero-order chi connectivity index (χ0) is 19.3. The number of nitrogens with zero attached hydrogens (tertiary/aromatic N) is 3. The zero-order valence-electron chi connectivity index (χ0n) is 17.3. The quantitative estimate of drug-likeness (QED) is 0.738. The Morgan fingerprint density at radius 2 is 1.85 bits per heavy atom. The number of carbonyl (C=O) groups is 2. The van der Waals surface area contributed by atoms with E-state index < -0.39 is 0 Å². The van der Waals surface area contributed by atoms with Crippen molar-refractivity contribution in [1.29, 1.82) is 0 Å². The molecule has 2 heterocycles. The van der Waals surface area contributed by atoms with Gasteiger partial charge in [-0.25, -0.2) is 4.79 Å². The van der Waals surface area contributed by atoms with Crippen LogP contribution in [0.3, 0.4) is 0 Å². The molecular formula is C21H35N3O3. The number of amides is 2. The van der Waals surface area contributed by atoms with Gasteiger partial charge in [-0.15, -0.1) is 0 Å². The molecule has 0 aromatic carbocycles. The summed E-state index contributed by atoms with van der Waals surface area (Å²) in [6.07, 6.45) is 3.37. The molecule has 0 N–H and O–H groups in total. The van der Waals surface area contributed by atoms with Gasteiger partial charge < -0.3 is 14.5 Å². The third-order valence-corrected chi connectivity index (χ3v) is 7.57. The summed E-state index contributed by atoms with van der Waals surface area (Å²) in [5.41, 5.74) is 0.329. The Labute approximate surface area is 163 Å². The van der Waals surface area contributed by atoms with Gasteiger partial charge >= 0.3 is 6.09 Å². The molecule has 2 saturated carbocycles. The average Bonchev–Trinajstić information content (AvgIpc) is 2.97. The van der Waals surface area contributed by atoms with Crippen LogP contribution in [0, 0.1) is 23.2 Å². The van der Waals surface area contributed by atoms with Crippen molar-refractivity contribution in [3.8, 4) is 0 Å². The summed E-state index contributed by atoms with van der Waals surface area (Å²) >= 11 is 0. The molecule has 0 radical (unpaired) electrons. The predicted molar refractivity (Wildman–Crippen MR) is 103 cm³/mol. The van der Waals surface area contributed by atoms with E-state index in [0.29, 0.717) is 41.8 Å². The Bertz CT molecular complexity index is 589. The summed E-state index contributed by atoms with van der Waals surface area (Å²) in [7, 11) is 0. The second-order valence-corrected chi connectivity index (χ2v) is 9.46. The van der Waals surface area contributed by atoms with Crippen LogP contribution < -0.4 is 0 Å². The van der Waals surface area contributed by atoms with Crippen LogP contribution >= 0.6 is 0 Å². The summed E-state index contributed by atoms with van der Waals surface area (Å²) in [4.78, 5) is 31.3. The lowest BCUT2D eigenvalue weighted by Gasteiger charge is -2.49. The molecule has 1 spiro atoms. The first-order valence-corrected chi connectivity index (χ1v) is 10.9. The van der Waals surface area contributed by atoms with Gasteiger partial charge in [-0.05, 0) is 64.2 Å². The van der Waals surface area contributed by atoms with Crippen LogP contribution in [0.1, 0.15) is 47.0 Å². The van der Waals surface area contributed by atoms with Gasteiger partial charge in [-0.3, -0.25) is 9.69 Å². The molecular weight excluding hydrogens is 342 g/mol. The van der Waals surface area contributed by atoms with E-state index in [1.807, 2.05) is 16.7 Å². The molecule has 2 atom stereocenters. The molecule has 4 fully saturated rings. The van der Waals surface area contributed by atoms with Crippen molar-refractivity contribution < 1.29 is 14.3 Å². The van der Waals surface area contributed by atoms with Gasteiger partial charge in [0.2, 0.25) is 5.91 Å². The van der Waals surface area contributed by atoms with E-state index in [4.69, 9.17) is 4.74 Å². The van der Waals surface area contributed by atoms with Crippen LogP contribution in [0.2, 0.25) is 0 Å². The SMILES string of the molecule is CCOC(=O)N1CCC2(CC(N3CC4C(C3)C4C(=O)N(CC)C(C)C)C2)C1. The topological polar surface area (TPSA) is 53.1 Å². The van der Waals surface area contributed by atoms with Crippen molar-refractivity contribution in [3.63, 3.8) is 0 Å². The fraction of sp³-hybridized carbons (Fsp3) is 0.905. The fourth-order valence-electron chi connectivity index (χ4n) is 6.03. The number of carbonyl (C=O) groups excluding carboxylic acids is 2. The van der Waals surface area contributed by atoms with Crippen LogP contribution in [-0.4, -0.2) is 78.1 Å². The highest BCUT2D eigenvalue weighted by molar-refractivity contribution is 5.83. The van der Waals surface area contributed by atoms with Gasteiger partial charge in [0.1, 0.15) is 0 Å². The number of hydrogen-bond donors (Lipinski definition) is 0. The lowest BCUT2D eigenvalue weighted by molar-refractivity contribution is -0.135. The Balaban J connectivity index is 1.24. The Hall–Kier alpha value is -1.30. The Kier molecular flexibility index (Phi) is 4.90. The molecule has 0 aromatic heterocycles. The van der Waals surface area contributed by atoms with Crippen LogP contribution in [0.5, 0.6) is 0 Å². The van der Waals surface area contributed by atoms with Gasteiger partial charge in [0.05, 0.1) is 6.61 Å². The largest absolute Gasteiger partial charge is 0.450 e. The smallest absolute Gasteiger partial charge is 0.409 e. The summed E-state index contributed by atoms with van der Waals surface area (Å²) in [5.74, 6) is 1.83. The normalized spacial score (nSPS) is 37.4. The minimum atomic E-state index is -0.146. The second kappa shape index (κ2) is 6.94. The molecule has 4 aliphatic rings. The second-order valence-electron chi connectivity index (χ2n) is 9.46. The fourth-order valence-corrected chi connectivity index (χ4v) is 6.03. The first-order chi connectivity index (χ1) is 12.9. The van der Waals surface area contributed by atoms with Gasteiger partial charge in [0.25, 0.3) is 0 Å². The molecule has 2 unspecified atom stereocenters. The number of rotatable bonds is 5. The summed E-state index contributed by atoms with van der Waals surface area (Å²) in [5, 5.41) is 0. The molecule has 0 aromatic rings. The molecule has 6 nitrogen and oxygen atoms in total. The van der Waals surface area contributed by atoms with Crippen molar-refractivity contribution in [1.82, 2.24) is 14.7 Å². The molecule has 2 saturated heterocycles. The van der Waals surface area contributed by atoms with E-state index in [1.54, 1.807) is 0 Å². The standard InChI is InChI=1S/C21H35N3O3/c1-5-24(14(3)4)19(25)18-16-11-23(12-17(16)18)15-9-21(10-15)7-8-22(13-21)20(26)27-6-2/h14-18H,5-13H2,1-4H3. The number of hydrogen-bond acceptors (Lipinski definition) is 4. The molecule has 4 rings (SSSR count). The van der Waals surface area contributed by atoms with E-state index in [2.05, 4.69) is 25.7 Å². The van der Waals surface area contributed by atoms with E-state index in [9.17, 15) is 9.59 Å². The summed E-state index contributed by atoms with van der Waals surface area (Å²) in [6.45, 7) is 13.3. The number of piperidine rings is 1. The maximum atomic E-state index is 12.8. The maximum absolute atomic E-state index is 12.8. The van der Waals surface area contributed by atoms with Crippen LogP contribution in [-0.2, 0) is 9.53 Å². The van der Waals surface area contributed by atoms with Gasteiger partial charge in [0, 0.05) is 50.7 Å². The van der Waals surface area contributed by atoms with E-state index >= 15 is 0 Å². The number of likely N-dealkylation sites (tertiary alicyclic amines) is 2. The van der Waals surface area contributed by atoms with Crippen molar-refractivity contribution in [3.05, 3.63) is 0 Å². The minimum Gasteiger partial charge on any atom is -0.450 e. The molecule has 152 valence electrons. The third-order valence-electron chi connectivity index (χ3n) is 7.57. The molecule has 2 aliphatic heterocycles. The highest BCUT2D eigenvalue weighted by Crippen LogP contribution is 2.57. The maximum Gasteiger partial charge on any atom is 0.409 e. The van der Waals surface area contributed by atoms with E-state index in [0.717, 1.165) is 39.1 Å². The monoisotopic (exact) mass is 377 g/mol. The number of ether oxygens (including phenoxy) is 1. The van der Waals surface area contributed by atoms with Crippen molar-refractivity contribution in [2.24, 2.45) is 23.2 Å². The summed E-state index contributed by atoms with van der Waals surface area (Å²) < 4.78 is 5.15. The Morgan fingerprint density at radius 1 is 1.19 bits per heavy atom. The molecule has 0 bridgehead atoms. The minimum absolute atomic E-state index is 0.146. The zero-order valence-corrected chi connectivity index (χ0v) is 17.3. The van der Waals surface area contributed by atoms with Crippen molar-refractivity contribution in [2.45, 2.75) is 59.0 Å². The molecule has 27 heavy (non-hydrogen) atoms. The molecule has 6 heteroatoms. The van der Waals surface area contributed by atoms with Crippen LogP contribution in [0.25, 0.3) is 0 Å². The van der Waals surface area contributed by atoms with E-state index in [1.165, 1.54) is 12.8 Å². The Morgan fingerprint density at radius 3 is 2.41 bits per heavy atom. The molecule has 2 aliphatic carbocycles. The summed E-state index contributed by atoms with van der Waals surface area (Å²) in [6, 6.07) is 0.958. The number of fused-ring (bicyclic) bond motifs is 1. The lowest BCUT2D eigenvalue weighted by atomic mass is 9.64. The third kappa shape index (κ3) is 3.24. The van der Waals surface area contributed by atoms with Crippen LogP contribution in [0.15, 0.2) is 0 Å². The van der Waals surface area contributed by atoms with Gasteiger partial charge in [-0.1, -0.05) is 0 Å². The first kappa shape index (κ1) is 19.0. The van der Waals surface area contributed by atoms with Gasteiger partial charge in [0.15, 0.2) is 0 Å². The predicted octanol–water partition coefficient (Wildman–Crippen LogP) is 2.43. The lowest BCUT2D eigenvalue weighted by Crippen LogP contribution is -2.52. The molecule has 2 amide bonds. The van der Waals surface area contributed by atoms with Crippen LogP contribution in [0.4, 0.5) is 4.79 Å². The average molecular weight is 378 g/mol. The van der Waals surface area contributed by atoms with Crippen molar-refractivity contribution in [2.75, 3.05) is 39.3 Å². The highest BCUT2D eigenvalue weighted by Gasteiger charge is 2.62.